The van der Waals surface area contributed by atoms with E-state index in [0.29, 0.717) is 25.3 Å². The van der Waals surface area contributed by atoms with Gasteiger partial charge >= 0.3 is 12.1 Å². The summed E-state index contributed by atoms with van der Waals surface area (Å²) in [7, 11) is -4.05. The van der Waals surface area contributed by atoms with Crippen LogP contribution in [0, 0.1) is 0 Å². The van der Waals surface area contributed by atoms with Crippen molar-refractivity contribution in [2.75, 3.05) is 19.7 Å². The van der Waals surface area contributed by atoms with E-state index in [2.05, 4.69) is 15.4 Å². The van der Waals surface area contributed by atoms with Crippen LogP contribution in [0.5, 0.6) is 5.75 Å². The first kappa shape index (κ1) is 32.6. The molecule has 0 spiro atoms. The molecule has 12 heteroatoms. The van der Waals surface area contributed by atoms with Gasteiger partial charge in [0.2, 0.25) is 10.0 Å². The highest BCUT2D eigenvalue weighted by Gasteiger charge is 2.30. The Morgan fingerprint density at radius 2 is 1.43 bits per heavy atom. The van der Waals surface area contributed by atoms with Crippen molar-refractivity contribution in [3.63, 3.8) is 0 Å². The summed E-state index contributed by atoms with van der Waals surface area (Å²) < 4.78 is 44.1. The lowest BCUT2D eigenvalue weighted by Crippen LogP contribution is -2.50. The molecule has 0 radical (unpaired) electrons. The van der Waals surface area contributed by atoms with E-state index < -0.39 is 45.2 Å². The number of sulfonamides is 1. The molecule has 0 aliphatic carbocycles. The zero-order valence-corrected chi connectivity index (χ0v) is 24.6. The second-order valence-corrected chi connectivity index (χ2v) is 12.6. The van der Waals surface area contributed by atoms with Crippen molar-refractivity contribution in [1.29, 1.82) is 0 Å². The van der Waals surface area contributed by atoms with E-state index >= 15 is 0 Å². The Morgan fingerprint density at radius 3 is 2.00 bits per heavy atom. The number of alkyl carbamates (subject to hydrolysis) is 1. The zero-order chi connectivity index (χ0) is 30.0. The van der Waals surface area contributed by atoms with E-state index in [0.717, 1.165) is 0 Å². The van der Waals surface area contributed by atoms with Crippen LogP contribution in [0.25, 0.3) is 0 Å². The number of ether oxygens (including phenoxy) is 3. The van der Waals surface area contributed by atoms with E-state index in [4.69, 9.17) is 14.2 Å². The minimum absolute atomic E-state index is 0.0221. The third-order valence-electron chi connectivity index (χ3n) is 4.88. The molecule has 0 unspecified atom stereocenters. The largest absolute Gasteiger partial charge is 0.494 e. The average molecular weight is 578 g/mol. The minimum Gasteiger partial charge on any atom is -0.494 e. The van der Waals surface area contributed by atoms with Crippen LogP contribution in [0.4, 0.5) is 4.79 Å². The van der Waals surface area contributed by atoms with E-state index in [1.165, 1.54) is 12.1 Å². The van der Waals surface area contributed by atoms with E-state index in [1.54, 1.807) is 84.0 Å². The Hall–Kier alpha value is -3.64. The van der Waals surface area contributed by atoms with Crippen molar-refractivity contribution >= 4 is 28.0 Å². The summed E-state index contributed by atoms with van der Waals surface area (Å²) in [5.41, 5.74) is -1.14. The number of amides is 2. The third-order valence-corrected chi connectivity index (χ3v) is 6.37. The molecule has 40 heavy (non-hydrogen) atoms. The first-order valence-corrected chi connectivity index (χ1v) is 14.3. The average Bonchev–Trinajstić information content (AvgIpc) is 2.85. The van der Waals surface area contributed by atoms with Crippen LogP contribution in [0.3, 0.4) is 0 Å². The monoisotopic (exact) mass is 577 g/mol. The van der Waals surface area contributed by atoms with Crippen molar-refractivity contribution in [2.24, 2.45) is 0 Å². The Morgan fingerprint density at radius 1 is 0.825 bits per heavy atom. The van der Waals surface area contributed by atoms with Crippen LogP contribution in [-0.2, 0) is 24.3 Å². The number of rotatable bonds is 12. The molecule has 0 fully saturated rings. The highest BCUT2D eigenvalue weighted by atomic mass is 32.2. The van der Waals surface area contributed by atoms with Gasteiger partial charge < -0.3 is 24.8 Å². The number of hydrogen-bond acceptors (Lipinski definition) is 8. The molecule has 0 aliphatic rings. The van der Waals surface area contributed by atoms with Gasteiger partial charge in [-0.05, 0) is 84.4 Å². The summed E-state index contributed by atoms with van der Waals surface area (Å²) in [6.07, 6.45) is 0.0523. The number of hydrogen-bond donors (Lipinski definition) is 3. The van der Waals surface area contributed by atoms with Crippen molar-refractivity contribution in [3.8, 4) is 5.75 Å². The molecule has 0 saturated carbocycles. The number of nitrogens with one attached hydrogen (secondary N) is 3. The molecule has 0 aromatic heterocycles. The maximum absolute atomic E-state index is 12.8. The van der Waals surface area contributed by atoms with Crippen LogP contribution in [0.2, 0.25) is 0 Å². The number of carbonyl (C=O) groups excluding carboxylic acids is 3. The van der Waals surface area contributed by atoms with Crippen LogP contribution < -0.4 is 20.1 Å². The summed E-state index contributed by atoms with van der Waals surface area (Å²) in [6.45, 7) is 10.7. The Balaban J connectivity index is 1.92. The number of benzene rings is 2. The molecule has 2 rings (SSSR count). The lowest BCUT2D eigenvalue weighted by molar-refractivity contribution is -0.156. The standard InChI is InChI=1S/C28H39N3O8S/c1-27(2,3)38-25(33)23(31-40(35,36)22-11-8-7-9-12-22)19-30-24(32)20-13-15-21(16-14-20)37-18-10-17-29-26(34)39-28(4,5)6/h7-9,11-16,23,31H,10,17-19H2,1-6H3,(H,29,34)(H,30,32)/t23-/m0/s1. The maximum atomic E-state index is 12.8. The predicted octanol–water partition coefficient (Wildman–Crippen LogP) is 3.40. The summed E-state index contributed by atoms with van der Waals surface area (Å²) in [5.74, 6) is -0.811. The first-order chi connectivity index (χ1) is 18.6. The molecule has 11 nitrogen and oxygen atoms in total. The molecule has 2 aromatic carbocycles. The molecule has 0 heterocycles. The Bertz CT molecular complexity index is 1240. The molecule has 220 valence electrons. The Labute approximate surface area is 236 Å². The molecule has 0 aliphatic heterocycles. The SMILES string of the molecule is CC(C)(C)OC(=O)NCCCOc1ccc(C(=O)NC[C@H](NS(=O)(=O)c2ccccc2)C(=O)OC(C)(C)C)cc1. The quantitative estimate of drug-likeness (QED) is 0.257. The second-order valence-electron chi connectivity index (χ2n) is 10.9. The molecule has 1 atom stereocenters. The van der Waals surface area contributed by atoms with E-state index in [9.17, 15) is 22.8 Å². The van der Waals surface area contributed by atoms with Crippen LogP contribution in [-0.4, -0.2) is 63.3 Å². The first-order valence-electron chi connectivity index (χ1n) is 12.8. The molecular weight excluding hydrogens is 538 g/mol. The fourth-order valence-electron chi connectivity index (χ4n) is 3.17. The van der Waals surface area contributed by atoms with Gasteiger partial charge in [-0.15, -0.1) is 0 Å². The van der Waals surface area contributed by atoms with Crippen LogP contribution >= 0.6 is 0 Å². The molecular formula is C28H39N3O8S. The van der Waals surface area contributed by atoms with Crippen molar-refractivity contribution in [1.82, 2.24) is 15.4 Å². The van der Waals surface area contributed by atoms with Crippen molar-refractivity contribution < 1.29 is 37.0 Å². The van der Waals surface area contributed by atoms with Gasteiger partial charge in [-0.3, -0.25) is 9.59 Å². The summed E-state index contributed by atoms with van der Waals surface area (Å²) in [4.78, 5) is 37.1. The van der Waals surface area contributed by atoms with Gasteiger partial charge in [-0.1, -0.05) is 18.2 Å². The van der Waals surface area contributed by atoms with E-state index in [1.807, 2.05) is 0 Å². The summed E-state index contributed by atoms with van der Waals surface area (Å²) in [5, 5.41) is 5.23. The van der Waals surface area contributed by atoms with Crippen molar-refractivity contribution in [3.05, 3.63) is 60.2 Å². The van der Waals surface area contributed by atoms with Crippen LogP contribution in [0.1, 0.15) is 58.3 Å². The molecule has 0 bridgehead atoms. The van der Waals surface area contributed by atoms with Crippen LogP contribution in [0.15, 0.2) is 59.5 Å². The fraction of sp³-hybridized carbons (Fsp3) is 0.464. The fourth-order valence-corrected chi connectivity index (χ4v) is 4.37. The zero-order valence-electron chi connectivity index (χ0n) is 23.8. The Kier molecular flexibility index (Phi) is 11.5. The highest BCUT2D eigenvalue weighted by molar-refractivity contribution is 7.89. The predicted molar refractivity (Wildman–Crippen MR) is 150 cm³/mol. The molecule has 3 N–H and O–H groups in total. The topological polar surface area (TPSA) is 149 Å². The number of carbonyl (C=O) groups is 3. The minimum atomic E-state index is -4.05. The lowest BCUT2D eigenvalue weighted by Gasteiger charge is -2.24. The summed E-state index contributed by atoms with van der Waals surface area (Å²) in [6, 6.07) is 12.5. The molecule has 2 amide bonds. The van der Waals surface area contributed by atoms with Gasteiger partial charge in [0.15, 0.2) is 0 Å². The van der Waals surface area contributed by atoms with Gasteiger partial charge in [0, 0.05) is 18.7 Å². The number of esters is 1. The molecule has 0 saturated heterocycles. The maximum Gasteiger partial charge on any atom is 0.407 e. The van der Waals surface area contributed by atoms with Gasteiger partial charge in [0.25, 0.3) is 5.91 Å². The lowest BCUT2D eigenvalue weighted by atomic mass is 10.2. The highest BCUT2D eigenvalue weighted by Crippen LogP contribution is 2.14. The summed E-state index contributed by atoms with van der Waals surface area (Å²) >= 11 is 0. The van der Waals surface area contributed by atoms with Gasteiger partial charge in [0.05, 0.1) is 11.5 Å². The van der Waals surface area contributed by atoms with Gasteiger partial charge in [-0.2, -0.15) is 4.72 Å². The van der Waals surface area contributed by atoms with Crippen molar-refractivity contribution in [2.45, 2.75) is 70.1 Å². The normalized spacial score (nSPS) is 12.7. The van der Waals surface area contributed by atoms with E-state index in [-0.39, 0.29) is 17.0 Å². The third kappa shape index (κ3) is 12.0. The smallest absolute Gasteiger partial charge is 0.407 e. The second kappa shape index (κ2) is 14.1. The van der Waals surface area contributed by atoms with Gasteiger partial charge in [0.1, 0.15) is 23.0 Å². The molecule has 2 aromatic rings. The van der Waals surface area contributed by atoms with Gasteiger partial charge in [-0.25, -0.2) is 13.2 Å².